The Morgan fingerprint density at radius 1 is 1.53 bits per heavy atom. The van der Waals surface area contributed by atoms with Crippen molar-refractivity contribution in [1.82, 2.24) is 5.32 Å². The van der Waals surface area contributed by atoms with Crippen LogP contribution in [0.3, 0.4) is 0 Å². The summed E-state index contributed by atoms with van der Waals surface area (Å²) in [7, 11) is 1.56. The average Bonchev–Trinajstić information content (AvgIpc) is 3.09. The normalized spacial score (nSPS) is 16.6. The number of carbonyl (C=O) groups is 1. The van der Waals surface area contributed by atoms with Crippen LogP contribution < -0.4 is 10.1 Å². The third kappa shape index (κ3) is 2.77. The summed E-state index contributed by atoms with van der Waals surface area (Å²) < 4.78 is 5.23. The number of carboxylic acid groups (broad SMARTS) is 1. The van der Waals surface area contributed by atoms with E-state index in [9.17, 15) is 9.90 Å². The third-order valence-corrected chi connectivity index (χ3v) is 2.92. The zero-order valence-electron chi connectivity index (χ0n) is 10.1. The maximum absolute atomic E-state index is 11.3. The van der Waals surface area contributed by atoms with Crippen molar-refractivity contribution < 1.29 is 14.6 Å². The number of hydrogen-bond acceptors (Lipinski definition) is 3. The Morgan fingerprint density at radius 2 is 2.24 bits per heavy atom. The molecule has 1 fully saturated rings. The van der Waals surface area contributed by atoms with Gasteiger partial charge in [-0.25, -0.2) is 0 Å². The van der Waals surface area contributed by atoms with Gasteiger partial charge in [0.15, 0.2) is 0 Å². The van der Waals surface area contributed by atoms with Crippen molar-refractivity contribution >= 4 is 5.97 Å². The fourth-order valence-electron chi connectivity index (χ4n) is 1.86. The summed E-state index contributed by atoms with van der Waals surface area (Å²) in [4.78, 5) is 11.3. The lowest BCUT2D eigenvalue weighted by atomic mass is 10.0. The summed E-state index contributed by atoms with van der Waals surface area (Å²) in [6.07, 6.45) is 2.11. The number of nitrogens with one attached hydrogen (secondary N) is 1. The van der Waals surface area contributed by atoms with Crippen molar-refractivity contribution in [2.45, 2.75) is 31.8 Å². The van der Waals surface area contributed by atoms with E-state index >= 15 is 0 Å². The van der Waals surface area contributed by atoms with Gasteiger partial charge in [0.05, 0.1) is 7.11 Å². The molecule has 1 aliphatic carbocycles. The SMILES string of the molecule is COc1ccc(C)cc1C(NC1CC1)C(=O)O. The zero-order chi connectivity index (χ0) is 12.4. The molecule has 1 atom stereocenters. The van der Waals surface area contributed by atoms with Crippen molar-refractivity contribution in [2.24, 2.45) is 0 Å². The molecule has 0 aromatic heterocycles. The van der Waals surface area contributed by atoms with Crippen LogP contribution in [0, 0.1) is 6.92 Å². The monoisotopic (exact) mass is 235 g/mol. The van der Waals surface area contributed by atoms with Crippen LogP contribution >= 0.6 is 0 Å². The van der Waals surface area contributed by atoms with Gasteiger partial charge in [-0.1, -0.05) is 17.7 Å². The van der Waals surface area contributed by atoms with Gasteiger partial charge in [-0.05, 0) is 25.8 Å². The predicted octanol–water partition coefficient (Wildman–Crippen LogP) is 1.88. The molecule has 1 unspecified atom stereocenters. The number of methoxy groups -OCH3 is 1. The molecule has 0 bridgehead atoms. The Hall–Kier alpha value is -1.55. The van der Waals surface area contributed by atoms with Gasteiger partial charge in [-0.15, -0.1) is 0 Å². The molecule has 0 amide bonds. The fraction of sp³-hybridized carbons (Fsp3) is 0.462. The molecule has 0 spiro atoms. The highest BCUT2D eigenvalue weighted by Gasteiger charge is 2.30. The summed E-state index contributed by atoms with van der Waals surface area (Å²) in [6.45, 7) is 1.94. The fourth-order valence-corrected chi connectivity index (χ4v) is 1.86. The van der Waals surface area contributed by atoms with Gasteiger partial charge in [0.1, 0.15) is 11.8 Å². The first-order valence-corrected chi connectivity index (χ1v) is 5.75. The lowest BCUT2D eigenvalue weighted by Crippen LogP contribution is -2.30. The molecule has 1 aromatic carbocycles. The molecule has 1 aliphatic rings. The number of aliphatic carboxylic acids is 1. The average molecular weight is 235 g/mol. The third-order valence-electron chi connectivity index (χ3n) is 2.92. The van der Waals surface area contributed by atoms with Crippen LogP contribution in [0.5, 0.6) is 5.75 Å². The summed E-state index contributed by atoms with van der Waals surface area (Å²) >= 11 is 0. The molecule has 1 aromatic rings. The van der Waals surface area contributed by atoms with Crippen LogP contribution in [0.2, 0.25) is 0 Å². The quantitative estimate of drug-likeness (QED) is 0.818. The van der Waals surface area contributed by atoms with Crippen LogP contribution in [-0.2, 0) is 4.79 Å². The van der Waals surface area contributed by atoms with E-state index in [-0.39, 0.29) is 0 Å². The minimum absolute atomic E-state index is 0.335. The van der Waals surface area contributed by atoms with Crippen LogP contribution in [0.4, 0.5) is 0 Å². The molecular weight excluding hydrogens is 218 g/mol. The van der Waals surface area contributed by atoms with Gasteiger partial charge in [0, 0.05) is 11.6 Å². The molecule has 0 saturated heterocycles. The molecule has 17 heavy (non-hydrogen) atoms. The van der Waals surface area contributed by atoms with E-state index in [2.05, 4.69) is 5.32 Å². The molecule has 0 aliphatic heterocycles. The Kier molecular flexibility index (Phi) is 3.33. The number of ether oxygens (including phenoxy) is 1. The van der Waals surface area contributed by atoms with Gasteiger partial charge >= 0.3 is 5.97 Å². The minimum atomic E-state index is -0.860. The molecule has 92 valence electrons. The largest absolute Gasteiger partial charge is 0.496 e. The topological polar surface area (TPSA) is 58.6 Å². The lowest BCUT2D eigenvalue weighted by molar-refractivity contribution is -0.139. The van der Waals surface area contributed by atoms with Crippen LogP contribution in [-0.4, -0.2) is 24.2 Å². The van der Waals surface area contributed by atoms with E-state index < -0.39 is 12.0 Å². The van der Waals surface area contributed by atoms with Gasteiger partial charge in [-0.2, -0.15) is 0 Å². The first kappa shape index (κ1) is 11.9. The standard InChI is InChI=1S/C13H17NO3/c1-8-3-6-11(17-2)10(7-8)12(13(15)16)14-9-4-5-9/h3,6-7,9,12,14H,4-5H2,1-2H3,(H,15,16). The zero-order valence-corrected chi connectivity index (χ0v) is 10.1. The molecule has 4 nitrogen and oxygen atoms in total. The number of aryl methyl sites for hydroxylation is 1. The second-order valence-electron chi connectivity index (χ2n) is 4.46. The van der Waals surface area contributed by atoms with Crippen LogP contribution in [0.25, 0.3) is 0 Å². The number of carboxylic acids is 1. The highest BCUT2D eigenvalue weighted by Crippen LogP contribution is 2.30. The summed E-state index contributed by atoms with van der Waals surface area (Å²) in [5, 5.41) is 12.4. The predicted molar refractivity (Wildman–Crippen MR) is 64.3 cm³/mol. The van der Waals surface area contributed by atoms with Gasteiger partial charge in [-0.3, -0.25) is 10.1 Å². The Morgan fingerprint density at radius 3 is 2.76 bits per heavy atom. The summed E-state index contributed by atoms with van der Waals surface area (Å²) in [6, 6.07) is 5.25. The Balaban J connectivity index is 2.32. The van der Waals surface area contributed by atoms with Gasteiger partial charge in [0.25, 0.3) is 0 Å². The van der Waals surface area contributed by atoms with Crippen LogP contribution in [0.15, 0.2) is 18.2 Å². The Labute approximate surface area is 101 Å². The Bertz CT molecular complexity index is 427. The molecule has 0 heterocycles. The van der Waals surface area contributed by atoms with E-state index in [1.54, 1.807) is 7.11 Å². The van der Waals surface area contributed by atoms with Gasteiger partial charge in [0.2, 0.25) is 0 Å². The lowest BCUT2D eigenvalue weighted by Gasteiger charge is -2.18. The minimum Gasteiger partial charge on any atom is -0.496 e. The second kappa shape index (κ2) is 4.75. The molecular formula is C13H17NO3. The highest BCUT2D eigenvalue weighted by molar-refractivity contribution is 5.77. The van der Waals surface area contributed by atoms with E-state index in [0.29, 0.717) is 17.4 Å². The van der Waals surface area contributed by atoms with Crippen molar-refractivity contribution in [3.63, 3.8) is 0 Å². The van der Waals surface area contributed by atoms with Crippen molar-refractivity contribution in [3.8, 4) is 5.75 Å². The maximum atomic E-state index is 11.3. The number of hydrogen-bond donors (Lipinski definition) is 2. The summed E-state index contributed by atoms with van der Waals surface area (Å²) in [5.74, 6) is -0.239. The van der Waals surface area contributed by atoms with E-state index in [4.69, 9.17) is 4.74 Å². The van der Waals surface area contributed by atoms with E-state index in [1.165, 1.54) is 0 Å². The molecule has 1 saturated carbocycles. The highest BCUT2D eigenvalue weighted by atomic mass is 16.5. The van der Waals surface area contributed by atoms with Crippen molar-refractivity contribution in [2.75, 3.05) is 7.11 Å². The molecule has 2 N–H and O–H groups in total. The number of rotatable bonds is 5. The van der Waals surface area contributed by atoms with Crippen molar-refractivity contribution in [1.29, 1.82) is 0 Å². The first-order chi connectivity index (χ1) is 8.11. The maximum Gasteiger partial charge on any atom is 0.325 e. The first-order valence-electron chi connectivity index (χ1n) is 5.75. The molecule has 2 rings (SSSR count). The van der Waals surface area contributed by atoms with Crippen LogP contribution in [0.1, 0.15) is 30.0 Å². The second-order valence-corrected chi connectivity index (χ2v) is 4.46. The molecule has 4 heteroatoms. The van der Waals surface area contributed by atoms with Crippen molar-refractivity contribution in [3.05, 3.63) is 29.3 Å². The van der Waals surface area contributed by atoms with E-state index in [1.807, 2.05) is 25.1 Å². The summed E-state index contributed by atoms with van der Waals surface area (Å²) in [5.41, 5.74) is 1.73. The smallest absolute Gasteiger partial charge is 0.325 e. The van der Waals surface area contributed by atoms with Gasteiger partial charge < -0.3 is 9.84 Å². The number of benzene rings is 1. The van der Waals surface area contributed by atoms with E-state index in [0.717, 1.165) is 18.4 Å². The molecule has 0 radical (unpaired) electrons.